The molecule has 7 heteroatoms. The molecule has 0 spiro atoms. The molecule has 0 fully saturated rings. The van der Waals surface area contributed by atoms with Gasteiger partial charge in [-0.25, -0.2) is 0 Å². The second-order valence-electron chi connectivity index (χ2n) is 3.46. The number of hydrogen-bond acceptors (Lipinski definition) is 4. The van der Waals surface area contributed by atoms with Gasteiger partial charge in [0.2, 0.25) is 0 Å². The van der Waals surface area contributed by atoms with Crippen LogP contribution in [0.15, 0.2) is 18.2 Å². The van der Waals surface area contributed by atoms with E-state index in [1.165, 1.54) is 6.07 Å². The lowest BCUT2D eigenvalue weighted by molar-refractivity contribution is -0.287. The minimum Gasteiger partial charge on any atom is -0.396 e. The van der Waals surface area contributed by atoms with Crippen LogP contribution in [0.25, 0.3) is 0 Å². The zero-order valence-electron chi connectivity index (χ0n) is 8.73. The van der Waals surface area contributed by atoms with Crippen LogP contribution in [0.2, 0.25) is 0 Å². The van der Waals surface area contributed by atoms with Crippen LogP contribution in [-0.4, -0.2) is 18.0 Å². The van der Waals surface area contributed by atoms with Crippen molar-refractivity contribution in [2.24, 2.45) is 5.73 Å². The monoisotopic (exact) mass is 267 g/mol. The summed E-state index contributed by atoms with van der Waals surface area (Å²) in [5.41, 5.74) is 6.13. The fourth-order valence-corrected chi connectivity index (χ4v) is 1.58. The van der Waals surface area contributed by atoms with Gasteiger partial charge >= 0.3 is 6.29 Å². The molecule has 96 valence electrons. The Labute approximate surface area is 103 Å². The Morgan fingerprint density at radius 1 is 1.35 bits per heavy atom. The van der Waals surface area contributed by atoms with Crippen LogP contribution >= 0.6 is 12.4 Å². The second kappa shape index (κ2) is 5.03. The quantitative estimate of drug-likeness (QED) is 0.877. The average molecular weight is 268 g/mol. The SMILES string of the molecule is Cl.N[C@@H](CCO)c1cccc2c1OC(F)(F)O2. The fourth-order valence-electron chi connectivity index (χ4n) is 1.58. The van der Waals surface area contributed by atoms with E-state index in [-0.39, 0.29) is 36.9 Å². The maximum atomic E-state index is 12.8. The van der Waals surface area contributed by atoms with Crippen molar-refractivity contribution in [2.45, 2.75) is 18.8 Å². The molecule has 17 heavy (non-hydrogen) atoms. The summed E-state index contributed by atoms with van der Waals surface area (Å²) in [7, 11) is 0. The predicted octanol–water partition coefficient (Wildman–Crippen LogP) is 1.81. The Kier molecular flexibility index (Phi) is 4.13. The number of hydrogen-bond donors (Lipinski definition) is 2. The minimum absolute atomic E-state index is 0. The first-order valence-corrected chi connectivity index (χ1v) is 4.78. The molecule has 1 atom stereocenters. The van der Waals surface area contributed by atoms with Crippen LogP contribution in [0, 0.1) is 0 Å². The molecule has 3 N–H and O–H groups in total. The van der Waals surface area contributed by atoms with Gasteiger partial charge in [-0.2, -0.15) is 0 Å². The average Bonchev–Trinajstić information content (AvgIpc) is 2.51. The third kappa shape index (κ3) is 2.77. The van der Waals surface area contributed by atoms with Gasteiger partial charge in [0.15, 0.2) is 11.5 Å². The first kappa shape index (κ1) is 14.0. The molecule has 4 nitrogen and oxygen atoms in total. The molecular weight excluding hydrogens is 256 g/mol. The second-order valence-corrected chi connectivity index (χ2v) is 3.46. The van der Waals surface area contributed by atoms with E-state index in [9.17, 15) is 8.78 Å². The lowest BCUT2D eigenvalue weighted by atomic mass is 10.0. The smallest absolute Gasteiger partial charge is 0.396 e. The summed E-state index contributed by atoms with van der Waals surface area (Å²) in [5, 5.41) is 8.75. The van der Waals surface area contributed by atoms with Crippen molar-refractivity contribution < 1.29 is 23.4 Å². The highest BCUT2D eigenvalue weighted by Crippen LogP contribution is 2.44. The van der Waals surface area contributed by atoms with Gasteiger partial charge in [0.25, 0.3) is 0 Å². The van der Waals surface area contributed by atoms with Crippen LogP contribution in [0.4, 0.5) is 8.78 Å². The third-order valence-corrected chi connectivity index (χ3v) is 2.30. The number of nitrogens with two attached hydrogens (primary N) is 1. The summed E-state index contributed by atoms with van der Waals surface area (Å²) in [5.74, 6) is -0.0793. The molecule has 1 aromatic rings. The normalized spacial score (nSPS) is 17.4. The lowest BCUT2D eigenvalue weighted by Gasteiger charge is -2.12. The van der Waals surface area contributed by atoms with E-state index in [4.69, 9.17) is 10.8 Å². The van der Waals surface area contributed by atoms with Crippen molar-refractivity contribution in [3.8, 4) is 11.5 Å². The summed E-state index contributed by atoms with van der Waals surface area (Å²) in [6.45, 7) is -0.123. The molecule has 0 bridgehead atoms. The van der Waals surface area contributed by atoms with Gasteiger partial charge in [0.05, 0.1) is 0 Å². The minimum atomic E-state index is -3.64. The maximum absolute atomic E-state index is 12.8. The van der Waals surface area contributed by atoms with Crippen molar-refractivity contribution in [1.82, 2.24) is 0 Å². The van der Waals surface area contributed by atoms with Gasteiger partial charge in [-0.1, -0.05) is 12.1 Å². The molecule has 1 heterocycles. The number of aliphatic hydroxyl groups excluding tert-OH is 1. The summed E-state index contributed by atoms with van der Waals surface area (Å²) < 4.78 is 34.3. The Morgan fingerprint density at radius 2 is 2.06 bits per heavy atom. The van der Waals surface area contributed by atoms with Gasteiger partial charge in [0, 0.05) is 18.2 Å². The number of para-hydroxylation sites is 1. The number of halogens is 3. The lowest BCUT2D eigenvalue weighted by Crippen LogP contribution is -2.26. The van der Waals surface area contributed by atoms with Gasteiger partial charge in [-0.15, -0.1) is 21.2 Å². The van der Waals surface area contributed by atoms with Gasteiger partial charge in [-0.05, 0) is 12.5 Å². The molecule has 1 aliphatic heterocycles. The number of rotatable bonds is 3. The molecule has 0 saturated heterocycles. The van der Waals surface area contributed by atoms with Crippen molar-refractivity contribution in [2.75, 3.05) is 6.61 Å². The topological polar surface area (TPSA) is 64.7 Å². The number of alkyl halides is 2. The Balaban J connectivity index is 0.00000144. The molecule has 0 saturated carbocycles. The maximum Gasteiger partial charge on any atom is 0.586 e. The van der Waals surface area contributed by atoms with Crippen molar-refractivity contribution in [3.05, 3.63) is 23.8 Å². The van der Waals surface area contributed by atoms with Crippen LogP contribution in [0.3, 0.4) is 0 Å². The standard InChI is InChI=1S/C10H11F2NO3.ClH/c11-10(12)15-8-3-1-2-6(9(8)16-10)7(13)4-5-14;/h1-3,7,14H,4-5,13H2;1H/t7-;/m0./s1. The van der Waals surface area contributed by atoms with Crippen LogP contribution in [0.1, 0.15) is 18.0 Å². The molecule has 1 aromatic carbocycles. The van der Waals surface area contributed by atoms with E-state index in [0.717, 1.165) is 0 Å². The first-order valence-electron chi connectivity index (χ1n) is 4.78. The van der Waals surface area contributed by atoms with Crippen molar-refractivity contribution >= 4 is 12.4 Å². The van der Waals surface area contributed by atoms with Crippen LogP contribution in [-0.2, 0) is 0 Å². The van der Waals surface area contributed by atoms with Gasteiger partial charge in [-0.3, -0.25) is 0 Å². The number of ether oxygens (including phenoxy) is 2. The molecule has 0 radical (unpaired) electrons. The Bertz CT molecular complexity index is 403. The molecule has 2 rings (SSSR count). The highest BCUT2D eigenvalue weighted by atomic mass is 35.5. The van der Waals surface area contributed by atoms with Crippen LogP contribution in [0.5, 0.6) is 11.5 Å². The molecule has 0 unspecified atom stereocenters. The number of benzene rings is 1. The number of aliphatic hydroxyl groups is 1. The van der Waals surface area contributed by atoms with E-state index in [2.05, 4.69) is 9.47 Å². The molecule has 1 aliphatic rings. The summed E-state index contributed by atoms with van der Waals surface area (Å²) >= 11 is 0. The molecule has 0 amide bonds. The highest BCUT2D eigenvalue weighted by molar-refractivity contribution is 5.85. The Hall–Kier alpha value is -1.11. The number of fused-ring (bicyclic) bond motifs is 1. The largest absolute Gasteiger partial charge is 0.586 e. The van der Waals surface area contributed by atoms with E-state index < -0.39 is 12.3 Å². The summed E-state index contributed by atoms with van der Waals surface area (Å²) in [6, 6.07) is 3.95. The molecular formula is C10H12ClF2NO3. The van der Waals surface area contributed by atoms with E-state index in [0.29, 0.717) is 5.56 Å². The van der Waals surface area contributed by atoms with E-state index >= 15 is 0 Å². The van der Waals surface area contributed by atoms with E-state index in [1.807, 2.05) is 0 Å². The third-order valence-electron chi connectivity index (χ3n) is 2.30. The summed E-state index contributed by atoms with van der Waals surface area (Å²) in [4.78, 5) is 0. The predicted molar refractivity (Wildman–Crippen MR) is 58.5 cm³/mol. The fraction of sp³-hybridized carbons (Fsp3) is 0.400. The zero-order valence-corrected chi connectivity index (χ0v) is 9.55. The highest BCUT2D eigenvalue weighted by Gasteiger charge is 2.44. The Morgan fingerprint density at radius 3 is 2.71 bits per heavy atom. The van der Waals surface area contributed by atoms with Crippen molar-refractivity contribution in [1.29, 1.82) is 0 Å². The zero-order chi connectivity index (χ0) is 11.8. The van der Waals surface area contributed by atoms with Crippen molar-refractivity contribution in [3.63, 3.8) is 0 Å². The molecule has 0 aliphatic carbocycles. The van der Waals surface area contributed by atoms with Gasteiger partial charge < -0.3 is 20.3 Å². The molecule has 0 aromatic heterocycles. The first-order chi connectivity index (χ1) is 7.53. The van der Waals surface area contributed by atoms with Crippen LogP contribution < -0.4 is 15.2 Å². The van der Waals surface area contributed by atoms with Gasteiger partial charge in [0.1, 0.15) is 0 Å². The summed E-state index contributed by atoms with van der Waals surface area (Å²) in [6.07, 6.45) is -3.37. The van der Waals surface area contributed by atoms with E-state index in [1.54, 1.807) is 12.1 Å².